The van der Waals surface area contributed by atoms with Crippen molar-refractivity contribution < 1.29 is 0 Å². The molecule has 2 aliphatic rings. The Hall–Kier alpha value is -6.64. The fourth-order valence-corrected chi connectivity index (χ4v) is 10.9. The highest BCUT2D eigenvalue weighted by Gasteiger charge is 2.37. The molecule has 0 N–H and O–H groups in total. The molecule has 2 nitrogen and oxygen atoms in total. The zero-order valence-electron chi connectivity index (χ0n) is 37.9. The summed E-state index contributed by atoms with van der Waals surface area (Å²) in [5, 5.41) is 0. The van der Waals surface area contributed by atoms with Crippen LogP contribution in [0.3, 0.4) is 0 Å². The largest absolute Gasteiger partial charge is 0.310 e. The molecule has 0 saturated heterocycles. The van der Waals surface area contributed by atoms with Crippen molar-refractivity contribution in [2.45, 2.75) is 80.1 Å². The molecule has 62 heavy (non-hydrogen) atoms. The summed E-state index contributed by atoms with van der Waals surface area (Å²) in [5.41, 5.74) is 27.9. The fourth-order valence-electron chi connectivity index (χ4n) is 10.9. The highest BCUT2D eigenvalue weighted by atomic mass is 15.2. The predicted octanol–water partition coefficient (Wildman–Crippen LogP) is 16.8. The van der Waals surface area contributed by atoms with Crippen LogP contribution in [-0.2, 0) is 10.8 Å². The molecule has 0 bridgehead atoms. The molecule has 0 unspecified atom stereocenters. The topological polar surface area (TPSA) is 6.48 Å². The van der Waals surface area contributed by atoms with E-state index in [4.69, 9.17) is 0 Å². The molecule has 0 amide bonds. The third-order valence-corrected chi connectivity index (χ3v) is 14.2. The number of hydrogen-bond acceptors (Lipinski definition) is 2. The second-order valence-corrected chi connectivity index (χ2v) is 19.0. The Morgan fingerprint density at radius 2 is 0.661 bits per heavy atom. The van der Waals surface area contributed by atoms with Crippen LogP contribution in [0.1, 0.15) is 83.3 Å². The van der Waals surface area contributed by atoms with Gasteiger partial charge in [-0.2, -0.15) is 0 Å². The van der Waals surface area contributed by atoms with Crippen molar-refractivity contribution in [3.63, 3.8) is 0 Å². The van der Waals surface area contributed by atoms with Crippen LogP contribution in [0, 0.1) is 41.5 Å². The summed E-state index contributed by atoms with van der Waals surface area (Å²) in [6.45, 7) is 22.9. The van der Waals surface area contributed by atoms with Crippen LogP contribution in [0.25, 0.3) is 33.4 Å². The first kappa shape index (κ1) is 39.5. The lowest BCUT2D eigenvalue weighted by molar-refractivity contribution is 0.660. The average Bonchev–Trinajstić information content (AvgIpc) is 3.63. The summed E-state index contributed by atoms with van der Waals surface area (Å²) in [6.07, 6.45) is 0. The van der Waals surface area contributed by atoms with Crippen molar-refractivity contribution in [3.8, 4) is 33.4 Å². The van der Waals surface area contributed by atoms with Crippen molar-refractivity contribution in [1.29, 1.82) is 0 Å². The van der Waals surface area contributed by atoms with Gasteiger partial charge in [0.25, 0.3) is 0 Å². The quantitative estimate of drug-likeness (QED) is 0.158. The van der Waals surface area contributed by atoms with E-state index >= 15 is 0 Å². The SMILES string of the molecule is Cc1cc(-c2ccc(N(c3ccc4c(c3)C(C)(C)c3ccccc3-4)c3c(C)cccc3C)c(C)c2)ccc1N(c1ccc2c(c1)C(C)(C)c1ccccc1-2)c1c(C)cccc1C. The first-order valence-corrected chi connectivity index (χ1v) is 22.2. The van der Waals surface area contributed by atoms with Gasteiger partial charge < -0.3 is 9.80 Å². The molecule has 0 saturated carbocycles. The van der Waals surface area contributed by atoms with Crippen LogP contribution in [-0.4, -0.2) is 0 Å². The lowest BCUT2D eigenvalue weighted by Gasteiger charge is -2.32. The van der Waals surface area contributed by atoms with Gasteiger partial charge in [0.2, 0.25) is 0 Å². The molecule has 2 aliphatic carbocycles. The molecule has 0 fully saturated rings. The van der Waals surface area contributed by atoms with E-state index in [9.17, 15) is 0 Å². The van der Waals surface area contributed by atoms with E-state index in [1.165, 1.54) is 123 Å². The number of benzene rings is 8. The van der Waals surface area contributed by atoms with Crippen molar-refractivity contribution in [2.75, 3.05) is 9.80 Å². The van der Waals surface area contributed by atoms with Crippen LogP contribution in [0.2, 0.25) is 0 Å². The third-order valence-electron chi connectivity index (χ3n) is 14.2. The van der Waals surface area contributed by atoms with E-state index in [-0.39, 0.29) is 10.8 Å². The van der Waals surface area contributed by atoms with E-state index in [1.807, 2.05) is 0 Å². The summed E-state index contributed by atoms with van der Waals surface area (Å²) >= 11 is 0. The van der Waals surface area contributed by atoms with Crippen LogP contribution in [0.5, 0.6) is 0 Å². The Morgan fingerprint density at radius 1 is 0.306 bits per heavy atom. The van der Waals surface area contributed by atoms with Crippen molar-refractivity contribution >= 4 is 34.1 Å². The second kappa shape index (κ2) is 14.5. The number of fused-ring (bicyclic) bond motifs is 6. The van der Waals surface area contributed by atoms with E-state index in [0.717, 1.165) is 0 Å². The lowest BCUT2D eigenvalue weighted by atomic mass is 9.82. The summed E-state index contributed by atoms with van der Waals surface area (Å²) in [4.78, 5) is 4.99. The molecule has 0 aromatic heterocycles. The van der Waals surface area contributed by atoms with Gasteiger partial charge in [-0.25, -0.2) is 0 Å². The summed E-state index contributed by atoms with van der Waals surface area (Å²) in [5.74, 6) is 0. The van der Waals surface area contributed by atoms with Gasteiger partial charge in [-0.3, -0.25) is 0 Å². The number of hydrogen-bond donors (Lipinski definition) is 0. The zero-order chi connectivity index (χ0) is 43.2. The molecule has 10 rings (SSSR count). The molecule has 0 aliphatic heterocycles. The second-order valence-electron chi connectivity index (χ2n) is 19.0. The number of rotatable bonds is 7. The summed E-state index contributed by atoms with van der Waals surface area (Å²) in [6, 6.07) is 59.4. The Kier molecular flexibility index (Phi) is 9.23. The van der Waals surface area contributed by atoms with Gasteiger partial charge in [0.15, 0.2) is 0 Å². The van der Waals surface area contributed by atoms with E-state index in [1.54, 1.807) is 0 Å². The van der Waals surface area contributed by atoms with Gasteiger partial charge in [0, 0.05) is 33.6 Å². The monoisotopic (exact) mass is 804 g/mol. The molecule has 306 valence electrons. The van der Waals surface area contributed by atoms with Gasteiger partial charge in [-0.05, 0) is 179 Å². The van der Waals surface area contributed by atoms with E-state index < -0.39 is 0 Å². The normalized spacial score (nSPS) is 13.9. The van der Waals surface area contributed by atoms with Crippen molar-refractivity contribution in [2.24, 2.45) is 0 Å². The van der Waals surface area contributed by atoms with E-state index in [2.05, 4.69) is 237 Å². The minimum Gasteiger partial charge on any atom is -0.310 e. The predicted molar refractivity (Wildman–Crippen MR) is 265 cm³/mol. The number of para-hydroxylation sites is 2. The van der Waals surface area contributed by atoms with Crippen LogP contribution in [0.15, 0.2) is 158 Å². The molecule has 0 radical (unpaired) electrons. The standard InChI is InChI=1S/C60H56N2/c1-37-17-15-18-38(2)57(37)61(45-27-29-49-47-21-11-13-23-51(47)59(7,8)53(49)35-45)55-31-25-43(33-41(55)5)44-26-32-56(42(6)34-44)62(58-39(3)19-16-20-40(58)4)46-28-30-50-48-22-12-14-24-52(48)60(9,10)54(50)36-46/h11-36H,1-10H3. The fraction of sp³-hybridized carbons (Fsp3) is 0.200. The smallest absolute Gasteiger partial charge is 0.0520 e. The molecule has 0 heterocycles. The Morgan fingerprint density at radius 3 is 1.03 bits per heavy atom. The van der Waals surface area contributed by atoms with Crippen LogP contribution in [0.4, 0.5) is 34.1 Å². The Balaban J connectivity index is 1.06. The number of anilines is 6. The van der Waals surface area contributed by atoms with Crippen LogP contribution >= 0.6 is 0 Å². The van der Waals surface area contributed by atoms with Gasteiger partial charge >= 0.3 is 0 Å². The van der Waals surface area contributed by atoms with Gasteiger partial charge in [0.1, 0.15) is 0 Å². The number of nitrogens with zero attached hydrogens (tertiary/aromatic N) is 2. The van der Waals surface area contributed by atoms with Crippen LogP contribution < -0.4 is 9.80 Å². The molecule has 2 heteroatoms. The minimum atomic E-state index is -0.0895. The number of aryl methyl sites for hydroxylation is 6. The van der Waals surface area contributed by atoms with Gasteiger partial charge in [0.05, 0.1) is 11.4 Å². The first-order chi connectivity index (χ1) is 29.8. The van der Waals surface area contributed by atoms with E-state index in [0.29, 0.717) is 0 Å². The maximum atomic E-state index is 2.50. The molecular formula is C60H56N2. The maximum absolute atomic E-state index is 2.50. The third kappa shape index (κ3) is 6.06. The molecule has 0 spiro atoms. The lowest BCUT2D eigenvalue weighted by Crippen LogP contribution is -2.18. The summed E-state index contributed by atoms with van der Waals surface area (Å²) < 4.78 is 0. The van der Waals surface area contributed by atoms with Gasteiger partial charge in [-0.1, -0.05) is 137 Å². The Labute approximate surface area is 369 Å². The zero-order valence-corrected chi connectivity index (χ0v) is 37.9. The van der Waals surface area contributed by atoms with Crippen molar-refractivity contribution in [1.82, 2.24) is 0 Å². The molecule has 8 aromatic rings. The minimum absolute atomic E-state index is 0.0895. The maximum Gasteiger partial charge on any atom is 0.0520 e. The highest BCUT2D eigenvalue weighted by molar-refractivity contribution is 5.90. The molecule has 0 atom stereocenters. The molecule has 8 aromatic carbocycles. The summed E-state index contributed by atoms with van der Waals surface area (Å²) in [7, 11) is 0. The molecular weight excluding hydrogens is 749 g/mol. The first-order valence-electron chi connectivity index (χ1n) is 22.2. The average molecular weight is 805 g/mol. The Bertz CT molecular complexity index is 2850. The highest BCUT2D eigenvalue weighted by Crippen LogP contribution is 2.53. The van der Waals surface area contributed by atoms with Gasteiger partial charge in [-0.15, -0.1) is 0 Å². The van der Waals surface area contributed by atoms with Crippen molar-refractivity contribution in [3.05, 3.63) is 213 Å².